The molecule has 2 N–H and O–H groups in total. The van der Waals surface area contributed by atoms with Crippen LogP contribution in [0.4, 0.5) is 0 Å². The van der Waals surface area contributed by atoms with Crippen molar-refractivity contribution in [3.8, 4) is 5.75 Å². The van der Waals surface area contributed by atoms with Crippen LogP contribution in [-0.2, 0) is 11.2 Å². The van der Waals surface area contributed by atoms with Crippen LogP contribution in [0.5, 0.6) is 5.75 Å². The Balaban J connectivity index is 1.98. The van der Waals surface area contributed by atoms with Crippen LogP contribution in [0.1, 0.15) is 38.2 Å². The first-order valence-corrected chi connectivity index (χ1v) is 8.11. The Kier molecular flexibility index (Phi) is 5.87. The standard InChI is InChI=1S/C16H24BrNO2/c1-11(18)8-12-6-7-16(15(17)9-12)20-14-5-3-4-13(10-14)19-2/h6-7,9,11,13-14H,3-5,8,10,18H2,1-2H3. The lowest BCUT2D eigenvalue weighted by Crippen LogP contribution is -2.29. The number of nitrogens with two attached hydrogens (primary N) is 1. The van der Waals surface area contributed by atoms with Crippen molar-refractivity contribution >= 4 is 15.9 Å². The van der Waals surface area contributed by atoms with E-state index in [1.54, 1.807) is 7.11 Å². The largest absolute Gasteiger partial charge is 0.489 e. The molecule has 3 unspecified atom stereocenters. The van der Waals surface area contributed by atoms with E-state index >= 15 is 0 Å². The summed E-state index contributed by atoms with van der Waals surface area (Å²) in [7, 11) is 1.78. The molecule has 0 aliphatic heterocycles. The molecule has 1 saturated carbocycles. The predicted molar refractivity (Wildman–Crippen MR) is 85.2 cm³/mol. The summed E-state index contributed by atoms with van der Waals surface area (Å²) in [5.41, 5.74) is 7.07. The van der Waals surface area contributed by atoms with Crippen molar-refractivity contribution in [2.75, 3.05) is 7.11 Å². The Bertz CT molecular complexity index is 436. The quantitative estimate of drug-likeness (QED) is 0.888. The molecule has 0 aromatic heterocycles. The molecule has 0 amide bonds. The van der Waals surface area contributed by atoms with Gasteiger partial charge < -0.3 is 15.2 Å². The second-order valence-corrected chi connectivity index (χ2v) is 6.56. The Morgan fingerprint density at radius 1 is 1.35 bits per heavy atom. The van der Waals surface area contributed by atoms with Crippen molar-refractivity contribution in [2.24, 2.45) is 5.73 Å². The second kappa shape index (κ2) is 7.43. The minimum atomic E-state index is 0.175. The highest BCUT2D eigenvalue weighted by Gasteiger charge is 2.23. The third-order valence-corrected chi connectivity index (χ3v) is 4.38. The highest BCUT2D eigenvalue weighted by atomic mass is 79.9. The average molecular weight is 342 g/mol. The summed E-state index contributed by atoms with van der Waals surface area (Å²) < 4.78 is 12.6. The summed E-state index contributed by atoms with van der Waals surface area (Å²) >= 11 is 3.60. The molecule has 0 radical (unpaired) electrons. The lowest BCUT2D eigenvalue weighted by Gasteiger charge is -2.29. The van der Waals surface area contributed by atoms with Gasteiger partial charge in [0.2, 0.25) is 0 Å². The van der Waals surface area contributed by atoms with Gasteiger partial charge in [-0.25, -0.2) is 0 Å². The zero-order valence-electron chi connectivity index (χ0n) is 12.3. The van der Waals surface area contributed by atoms with E-state index in [0.29, 0.717) is 6.10 Å². The Labute approximate surface area is 130 Å². The van der Waals surface area contributed by atoms with E-state index in [0.717, 1.165) is 35.9 Å². The van der Waals surface area contributed by atoms with E-state index in [2.05, 4.69) is 28.1 Å². The van der Waals surface area contributed by atoms with Crippen LogP contribution in [0, 0.1) is 0 Å². The Hall–Kier alpha value is -0.580. The van der Waals surface area contributed by atoms with Crippen LogP contribution < -0.4 is 10.5 Å². The number of hydrogen-bond donors (Lipinski definition) is 1. The van der Waals surface area contributed by atoms with E-state index in [4.69, 9.17) is 15.2 Å². The summed E-state index contributed by atoms with van der Waals surface area (Å²) in [4.78, 5) is 0. The highest BCUT2D eigenvalue weighted by Crippen LogP contribution is 2.31. The van der Waals surface area contributed by atoms with Crippen LogP contribution in [-0.4, -0.2) is 25.4 Å². The van der Waals surface area contributed by atoms with Crippen molar-refractivity contribution < 1.29 is 9.47 Å². The lowest BCUT2D eigenvalue weighted by atomic mass is 9.95. The van der Waals surface area contributed by atoms with Gasteiger partial charge in [0.05, 0.1) is 10.6 Å². The molecule has 4 heteroatoms. The normalized spacial score (nSPS) is 24.4. The molecular weight excluding hydrogens is 318 g/mol. The van der Waals surface area contributed by atoms with Crippen molar-refractivity contribution in [3.05, 3.63) is 28.2 Å². The molecule has 1 aromatic carbocycles. The monoisotopic (exact) mass is 341 g/mol. The first-order valence-electron chi connectivity index (χ1n) is 7.32. The van der Waals surface area contributed by atoms with Gasteiger partial charge >= 0.3 is 0 Å². The Morgan fingerprint density at radius 3 is 2.75 bits per heavy atom. The van der Waals surface area contributed by atoms with Gasteiger partial charge in [0.1, 0.15) is 11.9 Å². The first-order chi connectivity index (χ1) is 9.58. The van der Waals surface area contributed by atoms with Gasteiger partial charge in [0, 0.05) is 19.6 Å². The smallest absolute Gasteiger partial charge is 0.133 e. The van der Waals surface area contributed by atoms with E-state index in [9.17, 15) is 0 Å². The SMILES string of the molecule is COC1CCCC(Oc2ccc(CC(C)N)cc2Br)C1. The molecule has 0 bridgehead atoms. The molecule has 3 atom stereocenters. The number of halogens is 1. The van der Waals surface area contributed by atoms with E-state index in [1.807, 2.05) is 13.0 Å². The number of hydrogen-bond acceptors (Lipinski definition) is 3. The topological polar surface area (TPSA) is 44.5 Å². The van der Waals surface area contributed by atoms with E-state index in [1.165, 1.54) is 12.0 Å². The molecule has 1 fully saturated rings. The van der Waals surface area contributed by atoms with Gasteiger partial charge in [-0.3, -0.25) is 0 Å². The van der Waals surface area contributed by atoms with Crippen LogP contribution in [0.3, 0.4) is 0 Å². The molecule has 0 heterocycles. The van der Waals surface area contributed by atoms with Crippen LogP contribution in [0.25, 0.3) is 0 Å². The molecule has 1 aliphatic carbocycles. The van der Waals surface area contributed by atoms with Gasteiger partial charge in [-0.15, -0.1) is 0 Å². The van der Waals surface area contributed by atoms with Gasteiger partial charge in [-0.2, -0.15) is 0 Å². The van der Waals surface area contributed by atoms with Gasteiger partial charge in [-0.1, -0.05) is 6.07 Å². The highest BCUT2D eigenvalue weighted by molar-refractivity contribution is 9.10. The first kappa shape index (κ1) is 15.8. The third kappa shape index (κ3) is 4.47. The third-order valence-electron chi connectivity index (χ3n) is 3.76. The number of ether oxygens (including phenoxy) is 2. The fraction of sp³-hybridized carbons (Fsp3) is 0.625. The minimum Gasteiger partial charge on any atom is -0.489 e. The van der Waals surface area contributed by atoms with E-state index in [-0.39, 0.29) is 12.1 Å². The number of benzene rings is 1. The maximum Gasteiger partial charge on any atom is 0.133 e. The predicted octanol–water partition coefficient (Wildman–Crippen LogP) is 3.68. The molecule has 20 heavy (non-hydrogen) atoms. The van der Waals surface area contributed by atoms with Crippen molar-refractivity contribution in [1.82, 2.24) is 0 Å². The van der Waals surface area contributed by atoms with Crippen LogP contribution in [0.2, 0.25) is 0 Å². The summed E-state index contributed by atoms with van der Waals surface area (Å²) in [6.45, 7) is 2.02. The van der Waals surface area contributed by atoms with Gasteiger partial charge in [0.15, 0.2) is 0 Å². The molecule has 1 aliphatic rings. The van der Waals surface area contributed by atoms with Crippen molar-refractivity contribution in [3.63, 3.8) is 0 Å². The fourth-order valence-corrected chi connectivity index (χ4v) is 3.26. The maximum absolute atomic E-state index is 6.12. The molecule has 112 valence electrons. The van der Waals surface area contributed by atoms with Crippen molar-refractivity contribution in [1.29, 1.82) is 0 Å². The second-order valence-electron chi connectivity index (χ2n) is 5.71. The van der Waals surface area contributed by atoms with Gasteiger partial charge in [-0.05, 0) is 66.2 Å². The summed E-state index contributed by atoms with van der Waals surface area (Å²) in [5.74, 6) is 0.917. The van der Waals surface area contributed by atoms with E-state index < -0.39 is 0 Å². The van der Waals surface area contributed by atoms with Crippen LogP contribution in [0.15, 0.2) is 22.7 Å². The van der Waals surface area contributed by atoms with Crippen LogP contribution >= 0.6 is 15.9 Å². The molecular formula is C16H24BrNO2. The zero-order chi connectivity index (χ0) is 14.5. The summed E-state index contributed by atoms with van der Waals surface area (Å²) in [6, 6.07) is 6.42. The average Bonchev–Trinajstić information content (AvgIpc) is 2.41. The molecule has 0 spiro atoms. The lowest BCUT2D eigenvalue weighted by molar-refractivity contribution is 0.0207. The minimum absolute atomic E-state index is 0.175. The summed E-state index contributed by atoms with van der Waals surface area (Å²) in [5, 5.41) is 0. The number of rotatable bonds is 5. The Morgan fingerprint density at radius 2 is 2.10 bits per heavy atom. The van der Waals surface area contributed by atoms with Gasteiger partial charge in [0.25, 0.3) is 0 Å². The summed E-state index contributed by atoms with van der Waals surface area (Å²) in [6.07, 6.45) is 5.87. The molecule has 0 saturated heterocycles. The molecule has 1 aromatic rings. The van der Waals surface area contributed by atoms with Crippen molar-refractivity contribution in [2.45, 2.75) is 57.3 Å². The maximum atomic E-state index is 6.12. The fourth-order valence-electron chi connectivity index (χ4n) is 2.74. The zero-order valence-corrected chi connectivity index (χ0v) is 13.9. The molecule has 2 rings (SSSR count). The number of methoxy groups -OCH3 is 1. The molecule has 3 nitrogen and oxygen atoms in total.